The van der Waals surface area contributed by atoms with Crippen LogP contribution in [0.3, 0.4) is 0 Å². The molecular weight excluding hydrogens is 236 g/mol. The Morgan fingerprint density at radius 2 is 2.00 bits per heavy atom. The minimum absolute atomic E-state index is 0.281. The molecule has 0 fully saturated rings. The van der Waals surface area contributed by atoms with Gasteiger partial charge in [0.05, 0.1) is 0 Å². The molecule has 1 unspecified atom stereocenters. The molecule has 0 amide bonds. The maximum absolute atomic E-state index is 4.44. The van der Waals surface area contributed by atoms with Crippen molar-refractivity contribution in [3.05, 3.63) is 12.2 Å². The van der Waals surface area contributed by atoms with Gasteiger partial charge in [0.15, 0.2) is 0 Å². The van der Waals surface area contributed by atoms with Crippen LogP contribution in [0.25, 0.3) is 0 Å². The van der Waals surface area contributed by atoms with Gasteiger partial charge in [0.2, 0.25) is 0 Å². The number of rotatable bonds is 8. The topological polar surface area (TPSA) is 42.7 Å². The Bertz CT molecular complexity index is 351. The summed E-state index contributed by atoms with van der Waals surface area (Å²) in [7, 11) is 0. The van der Waals surface area contributed by atoms with Crippen molar-refractivity contribution in [2.75, 3.05) is 13.1 Å². The monoisotopic (exact) mass is 266 g/mol. The highest BCUT2D eigenvalue weighted by Crippen LogP contribution is 2.28. The molecule has 0 aliphatic heterocycles. The van der Waals surface area contributed by atoms with Crippen LogP contribution < -0.4 is 5.32 Å². The van der Waals surface area contributed by atoms with Crippen molar-refractivity contribution in [2.45, 2.75) is 60.4 Å². The third-order valence-corrected chi connectivity index (χ3v) is 3.60. The van der Waals surface area contributed by atoms with Gasteiger partial charge in [-0.15, -0.1) is 0 Å². The van der Waals surface area contributed by atoms with Crippen LogP contribution in [-0.4, -0.2) is 27.9 Å². The maximum atomic E-state index is 4.44. The van der Waals surface area contributed by atoms with Gasteiger partial charge in [-0.3, -0.25) is 4.68 Å². The Morgan fingerprint density at radius 3 is 2.58 bits per heavy atom. The molecule has 1 N–H and O–H groups in total. The Balaban J connectivity index is 2.68. The number of nitrogens with zero attached hydrogens (tertiary/aromatic N) is 3. The van der Waals surface area contributed by atoms with Gasteiger partial charge in [0, 0.05) is 13.0 Å². The van der Waals surface area contributed by atoms with Crippen LogP contribution in [0.1, 0.15) is 53.3 Å². The van der Waals surface area contributed by atoms with E-state index in [1.165, 1.54) is 6.42 Å². The summed E-state index contributed by atoms with van der Waals surface area (Å²) in [6.45, 7) is 14.4. The lowest BCUT2D eigenvalue weighted by molar-refractivity contribution is 0.225. The first kappa shape index (κ1) is 16.2. The van der Waals surface area contributed by atoms with Gasteiger partial charge in [-0.1, -0.05) is 34.6 Å². The molecule has 1 aromatic rings. The molecule has 1 atom stereocenters. The smallest absolute Gasteiger partial charge is 0.138 e. The second-order valence-corrected chi connectivity index (χ2v) is 6.37. The lowest BCUT2D eigenvalue weighted by Gasteiger charge is -2.31. The zero-order valence-electron chi connectivity index (χ0n) is 13.2. The van der Waals surface area contributed by atoms with E-state index in [-0.39, 0.29) is 5.41 Å². The Hall–Kier alpha value is -0.900. The summed E-state index contributed by atoms with van der Waals surface area (Å²) in [6.07, 6.45) is 4.97. The summed E-state index contributed by atoms with van der Waals surface area (Å²) in [5.74, 6) is 1.71. The highest BCUT2D eigenvalue weighted by Gasteiger charge is 2.26. The van der Waals surface area contributed by atoms with Crippen LogP contribution in [0.4, 0.5) is 0 Å². The van der Waals surface area contributed by atoms with Crippen LogP contribution in [0.5, 0.6) is 0 Å². The lowest BCUT2D eigenvalue weighted by Crippen LogP contribution is -2.34. The molecule has 0 saturated heterocycles. The van der Waals surface area contributed by atoms with E-state index in [1.807, 2.05) is 0 Å². The molecule has 0 bridgehead atoms. The average Bonchev–Trinajstić information content (AvgIpc) is 2.75. The van der Waals surface area contributed by atoms with Crippen molar-refractivity contribution in [1.29, 1.82) is 0 Å². The first-order chi connectivity index (χ1) is 8.99. The van der Waals surface area contributed by atoms with Crippen LogP contribution in [0, 0.1) is 11.3 Å². The highest BCUT2D eigenvalue weighted by molar-refractivity contribution is 4.91. The second-order valence-electron chi connectivity index (χ2n) is 6.37. The van der Waals surface area contributed by atoms with E-state index in [1.54, 1.807) is 6.33 Å². The molecule has 0 radical (unpaired) electrons. The number of nitrogens with one attached hydrogen (secondary N) is 1. The minimum atomic E-state index is 0.281. The fourth-order valence-corrected chi connectivity index (χ4v) is 2.20. The summed E-state index contributed by atoms with van der Waals surface area (Å²) in [5.41, 5.74) is 0.281. The quantitative estimate of drug-likeness (QED) is 0.736. The number of aromatic nitrogens is 3. The van der Waals surface area contributed by atoms with Gasteiger partial charge in [0.1, 0.15) is 12.2 Å². The van der Waals surface area contributed by atoms with Crippen molar-refractivity contribution < 1.29 is 0 Å². The van der Waals surface area contributed by atoms with Crippen LogP contribution in [0.15, 0.2) is 6.33 Å². The largest absolute Gasteiger partial charge is 0.316 e. The standard InChI is InChI=1S/C15H30N4/c1-6-8-16-11-13(15(3,4)5)10-14-17-12-18-19(14)9-7-2/h12-13,16H,6-11H2,1-5H3. The summed E-state index contributed by atoms with van der Waals surface area (Å²) in [5, 5.41) is 7.87. The molecule has 0 spiro atoms. The Kier molecular flexibility index (Phi) is 6.49. The number of aryl methyl sites for hydroxylation is 1. The molecule has 110 valence electrons. The van der Waals surface area contributed by atoms with E-state index < -0.39 is 0 Å². The zero-order valence-corrected chi connectivity index (χ0v) is 13.2. The fraction of sp³-hybridized carbons (Fsp3) is 0.867. The van der Waals surface area contributed by atoms with Crippen LogP contribution >= 0.6 is 0 Å². The molecule has 0 aliphatic rings. The van der Waals surface area contributed by atoms with Gasteiger partial charge in [0.25, 0.3) is 0 Å². The first-order valence-electron chi connectivity index (χ1n) is 7.56. The first-order valence-corrected chi connectivity index (χ1v) is 7.56. The molecule has 4 nitrogen and oxygen atoms in total. The van der Waals surface area contributed by atoms with Gasteiger partial charge in [-0.2, -0.15) is 5.10 Å². The highest BCUT2D eigenvalue weighted by atomic mass is 15.3. The van der Waals surface area contributed by atoms with Gasteiger partial charge < -0.3 is 5.32 Å². The summed E-state index contributed by atoms with van der Waals surface area (Å²) < 4.78 is 2.05. The van der Waals surface area contributed by atoms with Gasteiger partial charge >= 0.3 is 0 Å². The van der Waals surface area contributed by atoms with Gasteiger partial charge in [-0.25, -0.2) is 4.98 Å². The molecule has 0 aromatic carbocycles. The Labute approximate surface area is 118 Å². The van der Waals surface area contributed by atoms with Crippen molar-refractivity contribution in [3.8, 4) is 0 Å². The summed E-state index contributed by atoms with van der Waals surface area (Å²) in [4.78, 5) is 4.44. The predicted octanol–water partition coefficient (Wildman–Crippen LogP) is 2.89. The molecule has 1 heterocycles. The molecule has 4 heteroatoms. The molecule has 1 rings (SSSR count). The zero-order chi connectivity index (χ0) is 14.3. The summed E-state index contributed by atoms with van der Waals surface area (Å²) >= 11 is 0. The van der Waals surface area contributed by atoms with Crippen molar-refractivity contribution in [2.24, 2.45) is 11.3 Å². The third-order valence-electron chi connectivity index (χ3n) is 3.60. The van der Waals surface area contributed by atoms with Crippen molar-refractivity contribution in [1.82, 2.24) is 20.1 Å². The second kappa shape index (κ2) is 7.63. The number of hydrogen-bond acceptors (Lipinski definition) is 3. The third kappa shape index (κ3) is 5.31. The Morgan fingerprint density at radius 1 is 1.26 bits per heavy atom. The van der Waals surface area contributed by atoms with E-state index in [0.29, 0.717) is 5.92 Å². The molecule has 0 aliphatic carbocycles. The minimum Gasteiger partial charge on any atom is -0.316 e. The summed E-state index contributed by atoms with van der Waals surface area (Å²) in [6, 6.07) is 0. The molecule has 0 saturated carbocycles. The maximum Gasteiger partial charge on any atom is 0.138 e. The average molecular weight is 266 g/mol. The van der Waals surface area contributed by atoms with E-state index in [2.05, 4.69) is 54.7 Å². The van der Waals surface area contributed by atoms with Gasteiger partial charge in [-0.05, 0) is 37.3 Å². The molecule has 1 aromatic heterocycles. The SMILES string of the molecule is CCCNCC(Cc1ncnn1CCC)C(C)(C)C. The van der Waals surface area contributed by atoms with Crippen LogP contribution in [0.2, 0.25) is 0 Å². The van der Waals surface area contributed by atoms with Crippen molar-refractivity contribution in [3.63, 3.8) is 0 Å². The van der Waals surface area contributed by atoms with E-state index in [0.717, 1.165) is 38.3 Å². The number of hydrogen-bond donors (Lipinski definition) is 1. The van der Waals surface area contributed by atoms with E-state index in [4.69, 9.17) is 0 Å². The van der Waals surface area contributed by atoms with Crippen LogP contribution in [-0.2, 0) is 13.0 Å². The molecular formula is C15H30N4. The normalized spacial score (nSPS) is 13.7. The van der Waals surface area contributed by atoms with E-state index in [9.17, 15) is 0 Å². The lowest BCUT2D eigenvalue weighted by atomic mass is 9.78. The molecule has 19 heavy (non-hydrogen) atoms. The van der Waals surface area contributed by atoms with E-state index >= 15 is 0 Å². The van der Waals surface area contributed by atoms with Crippen molar-refractivity contribution >= 4 is 0 Å². The predicted molar refractivity (Wildman–Crippen MR) is 80.1 cm³/mol. The fourth-order valence-electron chi connectivity index (χ4n) is 2.20.